The number of methoxy groups -OCH3 is 1. The van der Waals surface area contributed by atoms with Crippen LogP contribution in [-0.2, 0) is 9.59 Å². The molecule has 1 aromatic heterocycles. The molecular weight excluding hydrogens is 372 g/mol. The number of imidazole rings is 1. The molecule has 8 heteroatoms. The van der Waals surface area contributed by atoms with Gasteiger partial charge in [-0.3, -0.25) is 14.2 Å². The number of nitrogens with zero attached hydrogens (tertiary/aromatic N) is 2. The zero-order chi connectivity index (χ0) is 20.4. The van der Waals surface area contributed by atoms with Crippen molar-refractivity contribution in [2.75, 3.05) is 19.0 Å². The summed E-state index contributed by atoms with van der Waals surface area (Å²) in [5, 5.41) is 2.93. The molecule has 1 aliphatic rings. The van der Waals surface area contributed by atoms with Crippen molar-refractivity contribution in [3.8, 4) is 17.2 Å². The van der Waals surface area contributed by atoms with Crippen molar-refractivity contribution in [3.05, 3.63) is 66.1 Å². The summed E-state index contributed by atoms with van der Waals surface area (Å²) in [6.45, 7) is -0.202. The largest absolute Gasteiger partial charge is 0.497 e. The lowest BCUT2D eigenvalue weighted by molar-refractivity contribution is -0.120. The first-order chi connectivity index (χ1) is 14.0. The Kier molecular flexibility index (Phi) is 4.90. The molecule has 0 aliphatic carbocycles. The molecule has 0 radical (unpaired) electrons. The number of hydrogen-bond donors (Lipinski definition) is 2. The second-order valence-corrected chi connectivity index (χ2v) is 6.68. The predicted molar refractivity (Wildman–Crippen MR) is 106 cm³/mol. The molecular formula is C21H20N4O4. The highest BCUT2D eigenvalue weighted by molar-refractivity contribution is 5.94. The number of hydrogen-bond acceptors (Lipinski definition) is 5. The Labute approximate surface area is 167 Å². The maximum atomic E-state index is 12.4. The number of ether oxygens (including phenoxy) is 2. The summed E-state index contributed by atoms with van der Waals surface area (Å²) in [6.07, 6.45) is 1.96. The molecule has 2 amide bonds. The van der Waals surface area contributed by atoms with Gasteiger partial charge in [0.1, 0.15) is 23.6 Å². The van der Waals surface area contributed by atoms with Crippen LogP contribution in [0, 0.1) is 0 Å². The van der Waals surface area contributed by atoms with Gasteiger partial charge in [-0.25, -0.2) is 4.98 Å². The van der Waals surface area contributed by atoms with Crippen molar-refractivity contribution < 1.29 is 19.1 Å². The third kappa shape index (κ3) is 3.77. The first kappa shape index (κ1) is 18.5. The van der Waals surface area contributed by atoms with Crippen LogP contribution in [0.15, 0.2) is 54.9 Å². The standard InChI is InChI=1S/C21H20N4O4/c1-28-15-7-5-14(6-8-15)25-12-23-20-17(10-19(27)24-21(20)25)13-3-2-4-16(9-13)29-11-18(22)26/h2-9,12,17H,10-11H2,1H3,(H2,22,26)(H,24,27)/t17-/m1/s1. The number of amides is 2. The molecule has 3 aromatic rings. The van der Waals surface area contributed by atoms with E-state index in [-0.39, 0.29) is 24.9 Å². The summed E-state index contributed by atoms with van der Waals surface area (Å²) in [6, 6.07) is 14.8. The Morgan fingerprint density at radius 2 is 2.03 bits per heavy atom. The number of carbonyl (C=O) groups excluding carboxylic acids is 2. The highest BCUT2D eigenvalue weighted by Gasteiger charge is 2.31. The molecule has 1 aliphatic heterocycles. The molecule has 0 spiro atoms. The average Bonchev–Trinajstić information content (AvgIpc) is 3.15. The fourth-order valence-corrected chi connectivity index (χ4v) is 3.40. The van der Waals surface area contributed by atoms with Crippen LogP contribution in [0.4, 0.5) is 5.82 Å². The summed E-state index contributed by atoms with van der Waals surface area (Å²) in [5.74, 6) is 1.03. The zero-order valence-corrected chi connectivity index (χ0v) is 15.8. The lowest BCUT2D eigenvalue weighted by atomic mass is 9.89. The number of nitrogens with one attached hydrogen (secondary N) is 1. The van der Waals surface area contributed by atoms with Gasteiger partial charge in [0, 0.05) is 18.0 Å². The molecule has 0 saturated carbocycles. The van der Waals surface area contributed by atoms with E-state index in [1.165, 1.54) is 0 Å². The number of aromatic nitrogens is 2. The van der Waals surface area contributed by atoms with Crippen molar-refractivity contribution in [1.82, 2.24) is 9.55 Å². The van der Waals surface area contributed by atoms with Crippen LogP contribution in [0.5, 0.6) is 11.5 Å². The minimum atomic E-state index is -0.548. The molecule has 0 fully saturated rings. The first-order valence-corrected chi connectivity index (χ1v) is 9.07. The fraction of sp³-hybridized carbons (Fsp3) is 0.190. The predicted octanol–water partition coefficient (Wildman–Crippen LogP) is 2.22. The van der Waals surface area contributed by atoms with Gasteiger partial charge in [0.25, 0.3) is 5.91 Å². The Bertz CT molecular complexity index is 1060. The van der Waals surface area contributed by atoms with Gasteiger partial charge in [-0.05, 0) is 42.0 Å². The summed E-state index contributed by atoms with van der Waals surface area (Å²) < 4.78 is 12.4. The fourth-order valence-electron chi connectivity index (χ4n) is 3.40. The maximum absolute atomic E-state index is 12.4. The number of rotatable bonds is 6. The van der Waals surface area contributed by atoms with Gasteiger partial charge in [0.05, 0.1) is 12.8 Å². The lowest BCUT2D eigenvalue weighted by Crippen LogP contribution is -2.25. The van der Waals surface area contributed by atoms with Crippen molar-refractivity contribution in [2.45, 2.75) is 12.3 Å². The summed E-state index contributed by atoms with van der Waals surface area (Å²) in [5.41, 5.74) is 7.65. The van der Waals surface area contributed by atoms with Gasteiger partial charge < -0.3 is 20.5 Å². The summed E-state index contributed by atoms with van der Waals surface area (Å²) >= 11 is 0. The Morgan fingerprint density at radius 3 is 2.76 bits per heavy atom. The molecule has 0 unspecified atom stereocenters. The van der Waals surface area contributed by atoms with Gasteiger partial charge in [-0.15, -0.1) is 0 Å². The molecule has 29 heavy (non-hydrogen) atoms. The van der Waals surface area contributed by atoms with E-state index < -0.39 is 5.91 Å². The molecule has 8 nitrogen and oxygen atoms in total. The van der Waals surface area contributed by atoms with E-state index in [1.807, 2.05) is 47.0 Å². The number of primary amides is 1. The van der Waals surface area contributed by atoms with Crippen molar-refractivity contribution in [3.63, 3.8) is 0 Å². The van der Waals surface area contributed by atoms with E-state index >= 15 is 0 Å². The molecule has 2 heterocycles. The van der Waals surface area contributed by atoms with Gasteiger partial charge in [0.2, 0.25) is 5.91 Å². The first-order valence-electron chi connectivity index (χ1n) is 9.07. The molecule has 4 rings (SSSR count). The zero-order valence-electron chi connectivity index (χ0n) is 15.8. The van der Waals surface area contributed by atoms with Crippen molar-refractivity contribution in [2.24, 2.45) is 5.73 Å². The van der Waals surface area contributed by atoms with Crippen molar-refractivity contribution >= 4 is 17.6 Å². The van der Waals surface area contributed by atoms with Crippen LogP contribution < -0.4 is 20.5 Å². The third-order valence-electron chi connectivity index (χ3n) is 4.77. The van der Waals surface area contributed by atoms with E-state index in [2.05, 4.69) is 10.3 Å². The van der Waals surface area contributed by atoms with Gasteiger partial charge in [-0.2, -0.15) is 0 Å². The molecule has 148 valence electrons. The smallest absolute Gasteiger partial charge is 0.255 e. The average molecular weight is 392 g/mol. The van der Waals surface area contributed by atoms with E-state index in [4.69, 9.17) is 15.2 Å². The van der Waals surface area contributed by atoms with Crippen LogP contribution in [0.3, 0.4) is 0 Å². The molecule has 2 aromatic carbocycles. The van der Waals surface area contributed by atoms with Gasteiger partial charge in [0.15, 0.2) is 6.61 Å². The monoisotopic (exact) mass is 392 g/mol. The maximum Gasteiger partial charge on any atom is 0.255 e. The normalized spacial score (nSPS) is 15.3. The third-order valence-corrected chi connectivity index (χ3v) is 4.77. The molecule has 0 bridgehead atoms. The summed E-state index contributed by atoms with van der Waals surface area (Å²) in [4.78, 5) is 28.0. The number of anilines is 1. The van der Waals surface area contributed by atoms with Crippen LogP contribution in [0.25, 0.3) is 5.69 Å². The number of fused-ring (bicyclic) bond motifs is 1. The number of benzene rings is 2. The summed E-state index contributed by atoms with van der Waals surface area (Å²) in [7, 11) is 1.61. The van der Waals surface area contributed by atoms with E-state index in [9.17, 15) is 9.59 Å². The molecule has 1 atom stereocenters. The van der Waals surface area contributed by atoms with E-state index in [0.29, 0.717) is 11.6 Å². The van der Waals surface area contributed by atoms with Crippen LogP contribution >= 0.6 is 0 Å². The van der Waals surface area contributed by atoms with Gasteiger partial charge >= 0.3 is 0 Å². The second kappa shape index (κ2) is 7.67. The number of carbonyl (C=O) groups is 2. The quantitative estimate of drug-likeness (QED) is 0.669. The SMILES string of the molecule is COc1ccc(-n2cnc3c2NC(=O)C[C@@H]3c2cccc(OCC(N)=O)c2)cc1. The Hall–Kier alpha value is -3.81. The molecule has 3 N–H and O–H groups in total. The van der Waals surface area contributed by atoms with E-state index in [0.717, 1.165) is 22.7 Å². The van der Waals surface area contributed by atoms with E-state index in [1.54, 1.807) is 19.5 Å². The topological polar surface area (TPSA) is 108 Å². The van der Waals surface area contributed by atoms with Crippen LogP contribution in [0.2, 0.25) is 0 Å². The van der Waals surface area contributed by atoms with Crippen LogP contribution in [-0.4, -0.2) is 35.1 Å². The second-order valence-electron chi connectivity index (χ2n) is 6.68. The number of nitrogens with two attached hydrogens (primary N) is 1. The lowest BCUT2D eigenvalue weighted by Gasteiger charge is -2.23. The molecule has 0 saturated heterocycles. The highest BCUT2D eigenvalue weighted by Crippen LogP contribution is 2.38. The van der Waals surface area contributed by atoms with Crippen molar-refractivity contribution in [1.29, 1.82) is 0 Å². The minimum absolute atomic E-state index is 0.0961. The Morgan fingerprint density at radius 1 is 1.24 bits per heavy atom. The van der Waals surface area contributed by atoms with Gasteiger partial charge in [-0.1, -0.05) is 12.1 Å². The highest BCUT2D eigenvalue weighted by atomic mass is 16.5. The minimum Gasteiger partial charge on any atom is -0.497 e. The van der Waals surface area contributed by atoms with Crippen LogP contribution in [0.1, 0.15) is 23.6 Å². The Balaban J connectivity index is 1.68.